The van der Waals surface area contributed by atoms with Gasteiger partial charge in [0, 0.05) is 20.1 Å². The SMILES string of the molecule is CCN(CC)CCCN(CC)C(=NC)NN. The quantitative estimate of drug-likeness (QED) is 0.289. The Kier molecular flexibility index (Phi) is 8.94. The molecule has 0 aliphatic carbocycles. The van der Waals surface area contributed by atoms with Crippen molar-refractivity contribution < 1.29 is 0 Å². The molecule has 0 heterocycles. The highest BCUT2D eigenvalue weighted by molar-refractivity contribution is 5.79. The Morgan fingerprint density at radius 2 is 1.75 bits per heavy atom. The Bertz CT molecular complexity index is 189. The molecule has 0 aromatic rings. The van der Waals surface area contributed by atoms with Crippen LogP contribution < -0.4 is 11.3 Å². The number of hydrogen-bond acceptors (Lipinski definition) is 3. The monoisotopic (exact) mass is 229 g/mol. The van der Waals surface area contributed by atoms with Gasteiger partial charge in [0.05, 0.1) is 0 Å². The lowest BCUT2D eigenvalue weighted by Crippen LogP contribution is -2.45. The first kappa shape index (κ1) is 15.2. The van der Waals surface area contributed by atoms with E-state index < -0.39 is 0 Å². The maximum Gasteiger partial charge on any atom is 0.208 e. The molecule has 0 aliphatic rings. The molecule has 0 aliphatic heterocycles. The molecule has 96 valence electrons. The highest BCUT2D eigenvalue weighted by Gasteiger charge is 2.07. The van der Waals surface area contributed by atoms with E-state index in [2.05, 4.69) is 41.0 Å². The molecule has 5 nitrogen and oxygen atoms in total. The van der Waals surface area contributed by atoms with Gasteiger partial charge in [-0.25, -0.2) is 5.84 Å². The third-order valence-corrected chi connectivity index (χ3v) is 2.82. The Morgan fingerprint density at radius 3 is 2.12 bits per heavy atom. The zero-order chi connectivity index (χ0) is 12.4. The highest BCUT2D eigenvalue weighted by Crippen LogP contribution is 1.95. The average molecular weight is 229 g/mol. The van der Waals surface area contributed by atoms with Crippen molar-refractivity contribution >= 4 is 5.96 Å². The van der Waals surface area contributed by atoms with E-state index in [1.807, 2.05) is 0 Å². The number of hydrogen-bond donors (Lipinski definition) is 2. The summed E-state index contributed by atoms with van der Waals surface area (Å²) >= 11 is 0. The van der Waals surface area contributed by atoms with Gasteiger partial charge in [0.2, 0.25) is 5.96 Å². The van der Waals surface area contributed by atoms with Gasteiger partial charge in [-0.2, -0.15) is 0 Å². The third kappa shape index (κ3) is 5.32. The molecule has 0 aromatic carbocycles. The summed E-state index contributed by atoms with van der Waals surface area (Å²) in [7, 11) is 1.75. The van der Waals surface area contributed by atoms with Crippen LogP contribution in [0.25, 0.3) is 0 Å². The molecular weight excluding hydrogens is 202 g/mol. The molecule has 0 atom stereocenters. The summed E-state index contributed by atoms with van der Waals surface area (Å²) in [4.78, 5) is 8.69. The molecule has 0 saturated carbocycles. The summed E-state index contributed by atoms with van der Waals surface area (Å²) in [5, 5.41) is 0. The van der Waals surface area contributed by atoms with Crippen LogP contribution in [0, 0.1) is 0 Å². The van der Waals surface area contributed by atoms with Crippen LogP contribution in [0.2, 0.25) is 0 Å². The molecular formula is C11H27N5. The van der Waals surface area contributed by atoms with Crippen molar-refractivity contribution in [3.05, 3.63) is 0 Å². The largest absolute Gasteiger partial charge is 0.342 e. The van der Waals surface area contributed by atoms with Gasteiger partial charge in [0.1, 0.15) is 0 Å². The number of hydrazine groups is 1. The van der Waals surface area contributed by atoms with Gasteiger partial charge in [-0.05, 0) is 33.0 Å². The van der Waals surface area contributed by atoms with Crippen LogP contribution in [0.3, 0.4) is 0 Å². The second-order valence-corrected chi connectivity index (χ2v) is 3.65. The van der Waals surface area contributed by atoms with E-state index in [0.717, 1.165) is 45.1 Å². The van der Waals surface area contributed by atoms with Crippen LogP contribution in [0.15, 0.2) is 4.99 Å². The van der Waals surface area contributed by atoms with Crippen LogP contribution in [0.5, 0.6) is 0 Å². The molecule has 0 radical (unpaired) electrons. The maximum atomic E-state index is 5.41. The van der Waals surface area contributed by atoms with Gasteiger partial charge in [-0.1, -0.05) is 13.8 Å². The van der Waals surface area contributed by atoms with Crippen LogP contribution in [-0.4, -0.2) is 55.5 Å². The van der Waals surface area contributed by atoms with Gasteiger partial charge in [-0.3, -0.25) is 10.4 Å². The van der Waals surface area contributed by atoms with Gasteiger partial charge in [-0.15, -0.1) is 0 Å². The third-order valence-electron chi connectivity index (χ3n) is 2.82. The number of rotatable bonds is 7. The van der Waals surface area contributed by atoms with E-state index in [4.69, 9.17) is 5.84 Å². The minimum absolute atomic E-state index is 0.766. The normalized spacial score (nSPS) is 12.0. The molecule has 0 unspecified atom stereocenters. The van der Waals surface area contributed by atoms with Crippen molar-refractivity contribution in [1.82, 2.24) is 15.2 Å². The number of aliphatic imine (C=N–C) groups is 1. The Morgan fingerprint density at radius 1 is 1.12 bits per heavy atom. The van der Waals surface area contributed by atoms with E-state index in [-0.39, 0.29) is 0 Å². The lowest BCUT2D eigenvalue weighted by Gasteiger charge is -2.25. The van der Waals surface area contributed by atoms with Crippen molar-refractivity contribution in [2.24, 2.45) is 10.8 Å². The topological polar surface area (TPSA) is 56.9 Å². The fourth-order valence-electron chi connectivity index (χ4n) is 1.74. The standard InChI is InChI=1S/C11H27N5/c1-5-15(6-2)9-8-10-16(7-3)11(13-4)14-12/h5-10,12H2,1-4H3,(H,13,14). The van der Waals surface area contributed by atoms with Crippen molar-refractivity contribution in [3.8, 4) is 0 Å². The fourth-order valence-corrected chi connectivity index (χ4v) is 1.74. The van der Waals surface area contributed by atoms with Gasteiger partial charge >= 0.3 is 0 Å². The van der Waals surface area contributed by atoms with E-state index in [1.54, 1.807) is 7.05 Å². The molecule has 0 rings (SSSR count). The fraction of sp³-hybridized carbons (Fsp3) is 0.909. The number of nitrogens with one attached hydrogen (secondary N) is 1. The summed E-state index contributed by atoms with van der Waals surface area (Å²) in [6.45, 7) is 11.8. The summed E-state index contributed by atoms with van der Waals surface area (Å²) in [6.07, 6.45) is 1.14. The van der Waals surface area contributed by atoms with Crippen molar-refractivity contribution in [2.75, 3.05) is 39.8 Å². The first-order valence-electron chi connectivity index (χ1n) is 6.14. The highest BCUT2D eigenvalue weighted by atomic mass is 15.4. The summed E-state index contributed by atoms with van der Waals surface area (Å²) in [5.74, 6) is 6.18. The first-order valence-corrected chi connectivity index (χ1v) is 6.14. The number of nitrogens with two attached hydrogens (primary N) is 1. The first-order chi connectivity index (χ1) is 7.73. The van der Waals surface area contributed by atoms with Gasteiger partial charge < -0.3 is 9.80 Å². The van der Waals surface area contributed by atoms with Crippen molar-refractivity contribution in [3.63, 3.8) is 0 Å². The minimum Gasteiger partial charge on any atom is -0.342 e. The molecule has 0 spiro atoms. The van der Waals surface area contributed by atoms with Crippen molar-refractivity contribution in [2.45, 2.75) is 27.2 Å². The van der Waals surface area contributed by atoms with Crippen LogP contribution in [0.1, 0.15) is 27.2 Å². The predicted octanol–water partition coefficient (Wildman–Crippen LogP) is 0.489. The molecule has 0 saturated heterocycles. The summed E-state index contributed by atoms with van der Waals surface area (Å²) in [5.41, 5.74) is 2.63. The lowest BCUT2D eigenvalue weighted by molar-refractivity contribution is 0.282. The molecule has 3 N–H and O–H groups in total. The van der Waals surface area contributed by atoms with Crippen molar-refractivity contribution in [1.29, 1.82) is 0 Å². The van der Waals surface area contributed by atoms with Crippen LogP contribution in [-0.2, 0) is 0 Å². The molecule has 0 fully saturated rings. The van der Waals surface area contributed by atoms with E-state index in [9.17, 15) is 0 Å². The number of guanidine groups is 1. The van der Waals surface area contributed by atoms with E-state index in [1.165, 1.54) is 0 Å². The van der Waals surface area contributed by atoms with Crippen LogP contribution in [0.4, 0.5) is 0 Å². The average Bonchev–Trinajstić information content (AvgIpc) is 2.33. The minimum atomic E-state index is 0.766. The lowest BCUT2D eigenvalue weighted by atomic mass is 10.3. The Balaban J connectivity index is 3.96. The molecule has 16 heavy (non-hydrogen) atoms. The Labute approximate surface area is 99.7 Å². The molecule has 5 heteroatoms. The van der Waals surface area contributed by atoms with Crippen LogP contribution >= 0.6 is 0 Å². The zero-order valence-electron chi connectivity index (χ0n) is 11.2. The predicted molar refractivity (Wildman–Crippen MR) is 70.3 cm³/mol. The smallest absolute Gasteiger partial charge is 0.208 e. The zero-order valence-corrected chi connectivity index (χ0v) is 11.2. The Hall–Kier alpha value is -0.810. The maximum absolute atomic E-state index is 5.41. The molecule has 0 bridgehead atoms. The summed E-state index contributed by atoms with van der Waals surface area (Å²) in [6, 6.07) is 0. The molecule has 0 amide bonds. The second kappa shape index (κ2) is 9.42. The van der Waals surface area contributed by atoms with E-state index in [0.29, 0.717) is 0 Å². The molecule has 0 aromatic heterocycles. The number of nitrogens with zero attached hydrogens (tertiary/aromatic N) is 3. The summed E-state index contributed by atoms with van der Waals surface area (Å²) < 4.78 is 0. The van der Waals surface area contributed by atoms with E-state index >= 15 is 0 Å². The van der Waals surface area contributed by atoms with Gasteiger partial charge in [0.15, 0.2) is 0 Å². The van der Waals surface area contributed by atoms with Gasteiger partial charge in [0.25, 0.3) is 0 Å². The second-order valence-electron chi connectivity index (χ2n) is 3.65.